The van der Waals surface area contributed by atoms with E-state index in [1.807, 2.05) is 18.2 Å². The molecule has 15 heavy (non-hydrogen) atoms. The second kappa shape index (κ2) is 4.63. The Bertz CT molecular complexity index is 396. The van der Waals surface area contributed by atoms with Gasteiger partial charge in [-0.05, 0) is 19.1 Å². The molecule has 3 nitrogen and oxygen atoms in total. The molecule has 1 aromatic carbocycles. The quantitative estimate of drug-likeness (QED) is 0.547. The monoisotopic (exact) mass is 204 g/mol. The Balaban J connectivity index is 2.86. The van der Waals surface area contributed by atoms with Crippen molar-refractivity contribution in [3.63, 3.8) is 0 Å². The third kappa shape index (κ3) is 3.12. The molecule has 0 amide bonds. The van der Waals surface area contributed by atoms with Gasteiger partial charge < -0.3 is 9.84 Å². The first-order valence-corrected chi connectivity index (χ1v) is 4.45. The Morgan fingerprint density at radius 2 is 2.00 bits per heavy atom. The number of hydrogen-bond acceptors (Lipinski definition) is 3. The van der Waals surface area contributed by atoms with Crippen LogP contribution in [0.5, 0.6) is 0 Å². The summed E-state index contributed by atoms with van der Waals surface area (Å²) in [5.41, 5.74) is -1.02. The SMILES string of the molecule is COC(=O)[C@](C)(O)C#Cc1ccccc1. The van der Waals surface area contributed by atoms with Crippen molar-refractivity contribution in [2.75, 3.05) is 7.11 Å². The van der Waals surface area contributed by atoms with Crippen LogP contribution >= 0.6 is 0 Å². The van der Waals surface area contributed by atoms with Gasteiger partial charge in [-0.1, -0.05) is 30.0 Å². The Hall–Kier alpha value is -1.79. The lowest BCUT2D eigenvalue weighted by atomic mass is 10.1. The highest BCUT2D eigenvalue weighted by molar-refractivity contribution is 5.82. The summed E-state index contributed by atoms with van der Waals surface area (Å²) in [5, 5.41) is 9.60. The molecule has 0 heterocycles. The average molecular weight is 204 g/mol. The van der Waals surface area contributed by atoms with E-state index in [9.17, 15) is 9.90 Å². The van der Waals surface area contributed by atoms with E-state index >= 15 is 0 Å². The van der Waals surface area contributed by atoms with E-state index in [0.717, 1.165) is 5.56 Å². The number of ether oxygens (including phenoxy) is 1. The molecule has 0 bridgehead atoms. The Labute approximate surface area is 88.7 Å². The summed E-state index contributed by atoms with van der Waals surface area (Å²) in [6.07, 6.45) is 0. The van der Waals surface area contributed by atoms with E-state index in [2.05, 4.69) is 16.6 Å². The van der Waals surface area contributed by atoms with Crippen molar-refractivity contribution in [2.24, 2.45) is 0 Å². The van der Waals surface area contributed by atoms with Crippen molar-refractivity contribution in [1.29, 1.82) is 0 Å². The minimum absolute atomic E-state index is 0.738. The number of hydrogen-bond donors (Lipinski definition) is 1. The lowest BCUT2D eigenvalue weighted by Gasteiger charge is -2.11. The van der Waals surface area contributed by atoms with Gasteiger partial charge in [0.1, 0.15) is 0 Å². The summed E-state index contributed by atoms with van der Waals surface area (Å²) in [6.45, 7) is 1.30. The Morgan fingerprint density at radius 1 is 1.40 bits per heavy atom. The summed E-state index contributed by atoms with van der Waals surface area (Å²) < 4.78 is 4.41. The lowest BCUT2D eigenvalue weighted by molar-refractivity contribution is -0.154. The highest BCUT2D eigenvalue weighted by Crippen LogP contribution is 2.04. The van der Waals surface area contributed by atoms with Crippen LogP contribution in [0.1, 0.15) is 12.5 Å². The van der Waals surface area contributed by atoms with Gasteiger partial charge in [-0.15, -0.1) is 0 Å². The number of esters is 1. The molecule has 1 rings (SSSR count). The normalized spacial score (nSPS) is 13.3. The summed E-state index contributed by atoms with van der Waals surface area (Å²) >= 11 is 0. The van der Waals surface area contributed by atoms with Crippen LogP contribution in [0.4, 0.5) is 0 Å². The molecule has 0 radical (unpaired) electrons. The van der Waals surface area contributed by atoms with Crippen LogP contribution in [0.3, 0.4) is 0 Å². The predicted molar refractivity (Wildman–Crippen MR) is 56.0 cm³/mol. The summed E-state index contributed by atoms with van der Waals surface area (Å²) in [6, 6.07) is 9.11. The average Bonchev–Trinajstić information content (AvgIpc) is 2.27. The maximum atomic E-state index is 11.1. The smallest absolute Gasteiger partial charge is 0.350 e. The molecule has 0 saturated carbocycles. The molecular weight excluding hydrogens is 192 g/mol. The molecule has 0 unspecified atom stereocenters. The second-order valence-electron chi connectivity index (χ2n) is 3.18. The van der Waals surface area contributed by atoms with Crippen molar-refractivity contribution in [3.8, 4) is 11.8 Å². The number of rotatable bonds is 1. The van der Waals surface area contributed by atoms with Crippen LogP contribution in [0.15, 0.2) is 30.3 Å². The number of carbonyl (C=O) groups excluding carboxylic acids is 1. The summed E-state index contributed by atoms with van der Waals surface area (Å²) in [5.74, 6) is 4.40. The number of aliphatic hydroxyl groups is 1. The molecule has 3 heteroatoms. The standard InChI is InChI=1S/C12H12O3/c1-12(14,11(13)15-2)9-8-10-6-4-3-5-7-10/h3-7,14H,1-2H3/t12-/m1/s1. The van der Waals surface area contributed by atoms with Gasteiger partial charge in [-0.3, -0.25) is 0 Å². The van der Waals surface area contributed by atoms with Crippen LogP contribution in [0, 0.1) is 11.8 Å². The number of benzene rings is 1. The molecule has 0 saturated heterocycles. The molecular formula is C12H12O3. The third-order valence-electron chi connectivity index (χ3n) is 1.81. The molecule has 0 aliphatic carbocycles. The molecule has 1 N–H and O–H groups in total. The van der Waals surface area contributed by atoms with Gasteiger partial charge in [-0.25, -0.2) is 4.79 Å². The van der Waals surface area contributed by atoms with E-state index in [1.165, 1.54) is 14.0 Å². The van der Waals surface area contributed by atoms with Gasteiger partial charge in [0.05, 0.1) is 7.11 Å². The second-order valence-corrected chi connectivity index (χ2v) is 3.18. The fraction of sp³-hybridized carbons (Fsp3) is 0.250. The molecule has 0 aromatic heterocycles. The van der Waals surface area contributed by atoms with Gasteiger partial charge in [-0.2, -0.15) is 0 Å². The van der Waals surface area contributed by atoms with Gasteiger partial charge in [0.15, 0.2) is 0 Å². The minimum Gasteiger partial charge on any atom is -0.466 e. The van der Waals surface area contributed by atoms with Crippen LogP contribution in [0.2, 0.25) is 0 Å². The van der Waals surface area contributed by atoms with Gasteiger partial charge >= 0.3 is 5.97 Å². The molecule has 0 aliphatic heterocycles. The lowest BCUT2D eigenvalue weighted by Crippen LogP contribution is -2.34. The third-order valence-corrected chi connectivity index (χ3v) is 1.81. The van der Waals surface area contributed by atoms with Gasteiger partial charge in [0.25, 0.3) is 0 Å². The van der Waals surface area contributed by atoms with Crippen molar-refractivity contribution in [3.05, 3.63) is 35.9 Å². The fourth-order valence-electron chi connectivity index (χ4n) is 0.965. The van der Waals surface area contributed by atoms with Crippen molar-refractivity contribution in [2.45, 2.75) is 12.5 Å². The number of methoxy groups -OCH3 is 1. The van der Waals surface area contributed by atoms with E-state index in [0.29, 0.717) is 0 Å². The first-order chi connectivity index (χ1) is 7.06. The van der Waals surface area contributed by atoms with Crippen LogP contribution in [-0.2, 0) is 9.53 Å². The number of carbonyl (C=O) groups is 1. The zero-order chi connectivity index (χ0) is 11.3. The van der Waals surface area contributed by atoms with E-state index in [1.54, 1.807) is 12.1 Å². The fourth-order valence-corrected chi connectivity index (χ4v) is 0.965. The first-order valence-electron chi connectivity index (χ1n) is 4.45. The predicted octanol–water partition coefficient (Wildman–Crippen LogP) is 0.962. The maximum Gasteiger partial charge on any atom is 0.350 e. The van der Waals surface area contributed by atoms with Crippen molar-refractivity contribution in [1.82, 2.24) is 0 Å². The van der Waals surface area contributed by atoms with Crippen LogP contribution in [0.25, 0.3) is 0 Å². The zero-order valence-electron chi connectivity index (χ0n) is 8.65. The van der Waals surface area contributed by atoms with Crippen LogP contribution in [-0.4, -0.2) is 23.8 Å². The van der Waals surface area contributed by atoms with Crippen molar-refractivity contribution >= 4 is 5.97 Å². The minimum atomic E-state index is -1.76. The largest absolute Gasteiger partial charge is 0.466 e. The molecule has 78 valence electrons. The first kappa shape index (κ1) is 11.3. The van der Waals surface area contributed by atoms with E-state index in [4.69, 9.17) is 0 Å². The Morgan fingerprint density at radius 3 is 2.53 bits per heavy atom. The topological polar surface area (TPSA) is 46.5 Å². The highest BCUT2D eigenvalue weighted by Gasteiger charge is 2.28. The summed E-state index contributed by atoms with van der Waals surface area (Å²) in [7, 11) is 1.21. The molecule has 0 fully saturated rings. The van der Waals surface area contributed by atoms with E-state index in [-0.39, 0.29) is 0 Å². The van der Waals surface area contributed by atoms with Gasteiger partial charge in [0.2, 0.25) is 5.60 Å². The van der Waals surface area contributed by atoms with Crippen LogP contribution < -0.4 is 0 Å². The molecule has 0 aliphatic rings. The van der Waals surface area contributed by atoms with Gasteiger partial charge in [0, 0.05) is 5.56 Å². The van der Waals surface area contributed by atoms with E-state index < -0.39 is 11.6 Å². The highest BCUT2D eigenvalue weighted by atomic mass is 16.5. The summed E-state index contributed by atoms with van der Waals surface area (Å²) in [4.78, 5) is 11.1. The molecule has 0 spiro atoms. The van der Waals surface area contributed by atoms with Crippen molar-refractivity contribution < 1.29 is 14.6 Å². The Kier molecular flexibility index (Phi) is 3.48. The molecule has 1 aromatic rings. The maximum absolute atomic E-state index is 11.1. The molecule has 1 atom stereocenters. The zero-order valence-corrected chi connectivity index (χ0v) is 8.65.